The highest BCUT2D eigenvalue weighted by atomic mass is 19.1. The van der Waals surface area contributed by atoms with Crippen molar-refractivity contribution in [3.05, 3.63) is 42.3 Å². The zero-order chi connectivity index (χ0) is 17.8. The number of anilines is 3. The molecule has 0 aliphatic carbocycles. The number of aromatic nitrogens is 2. The molecule has 0 atom stereocenters. The van der Waals surface area contributed by atoms with Gasteiger partial charge in [-0.2, -0.15) is 4.98 Å². The summed E-state index contributed by atoms with van der Waals surface area (Å²) in [5.74, 6) is 0.763. The fraction of sp³-hybridized carbons (Fsp3) is 0.353. The average molecular weight is 344 g/mol. The number of rotatable bonds is 3. The van der Waals surface area contributed by atoms with E-state index in [1.807, 2.05) is 4.90 Å². The zero-order valence-corrected chi connectivity index (χ0v) is 14.3. The summed E-state index contributed by atoms with van der Waals surface area (Å²) in [5.41, 5.74) is 0.369. The fourth-order valence-electron chi connectivity index (χ4n) is 2.65. The van der Waals surface area contributed by atoms with E-state index < -0.39 is 0 Å². The molecule has 3 rings (SSSR count). The van der Waals surface area contributed by atoms with Gasteiger partial charge in [-0.15, -0.1) is 0 Å². The first-order chi connectivity index (χ1) is 12.0. The second kappa shape index (κ2) is 7.33. The van der Waals surface area contributed by atoms with Crippen molar-refractivity contribution >= 4 is 23.5 Å². The van der Waals surface area contributed by atoms with E-state index in [1.165, 1.54) is 6.07 Å². The Kier molecular flexibility index (Phi) is 4.97. The number of hydrogen-bond donors (Lipinski definition) is 1. The Hall–Kier alpha value is -2.90. The van der Waals surface area contributed by atoms with Gasteiger partial charge >= 0.3 is 6.03 Å². The SMILES string of the molecule is CN(C)C(=O)N1CCN(c2nccc(Nc3ccccc3F)n2)CC1. The molecule has 0 bridgehead atoms. The molecule has 1 aromatic carbocycles. The first-order valence-electron chi connectivity index (χ1n) is 8.10. The topological polar surface area (TPSA) is 64.6 Å². The monoisotopic (exact) mass is 344 g/mol. The van der Waals surface area contributed by atoms with Crippen molar-refractivity contribution in [3.8, 4) is 0 Å². The molecule has 0 radical (unpaired) electrons. The molecule has 25 heavy (non-hydrogen) atoms. The van der Waals surface area contributed by atoms with Gasteiger partial charge in [0.2, 0.25) is 5.95 Å². The summed E-state index contributed by atoms with van der Waals surface area (Å²) in [6, 6.07) is 8.15. The number of nitrogens with zero attached hydrogens (tertiary/aromatic N) is 5. The molecule has 2 heterocycles. The number of carbonyl (C=O) groups is 1. The van der Waals surface area contributed by atoms with Gasteiger partial charge in [0.05, 0.1) is 5.69 Å². The van der Waals surface area contributed by atoms with Gasteiger partial charge in [0, 0.05) is 46.5 Å². The highest BCUT2D eigenvalue weighted by molar-refractivity contribution is 5.74. The lowest BCUT2D eigenvalue weighted by Gasteiger charge is -2.35. The molecule has 1 N–H and O–H groups in total. The van der Waals surface area contributed by atoms with Gasteiger partial charge < -0.3 is 20.0 Å². The number of hydrogen-bond acceptors (Lipinski definition) is 5. The summed E-state index contributed by atoms with van der Waals surface area (Å²) in [7, 11) is 3.49. The maximum Gasteiger partial charge on any atom is 0.319 e. The van der Waals surface area contributed by atoms with Gasteiger partial charge in [-0.05, 0) is 18.2 Å². The van der Waals surface area contributed by atoms with E-state index >= 15 is 0 Å². The largest absolute Gasteiger partial charge is 0.338 e. The van der Waals surface area contributed by atoms with Crippen LogP contribution < -0.4 is 10.2 Å². The molecular weight excluding hydrogens is 323 g/mol. The number of piperazine rings is 1. The fourth-order valence-corrected chi connectivity index (χ4v) is 2.65. The van der Waals surface area contributed by atoms with Crippen molar-refractivity contribution in [1.29, 1.82) is 0 Å². The minimum Gasteiger partial charge on any atom is -0.338 e. The second-order valence-electron chi connectivity index (χ2n) is 6.00. The Bertz CT molecular complexity index is 745. The molecule has 1 aliphatic rings. The first kappa shape index (κ1) is 16.9. The molecule has 1 aliphatic heterocycles. The Labute approximate surface area is 146 Å². The Morgan fingerprint density at radius 2 is 1.88 bits per heavy atom. The van der Waals surface area contributed by atoms with Crippen LogP contribution in [0.1, 0.15) is 0 Å². The third kappa shape index (κ3) is 3.96. The van der Waals surface area contributed by atoms with Crippen LogP contribution in [-0.4, -0.2) is 66.1 Å². The molecule has 7 nitrogen and oxygen atoms in total. The Morgan fingerprint density at radius 3 is 2.56 bits per heavy atom. The van der Waals surface area contributed by atoms with Crippen LogP contribution in [0.25, 0.3) is 0 Å². The molecular formula is C17H21FN6O. The Balaban J connectivity index is 1.67. The van der Waals surface area contributed by atoms with Gasteiger partial charge in [0.15, 0.2) is 0 Å². The minimum absolute atomic E-state index is 0.00976. The van der Waals surface area contributed by atoms with Crippen molar-refractivity contribution in [2.24, 2.45) is 0 Å². The van der Waals surface area contributed by atoms with Crippen LogP contribution in [0.15, 0.2) is 36.5 Å². The summed E-state index contributed by atoms with van der Waals surface area (Å²) in [4.78, 5) is 26.1. The van der Waals surface area contributed by atoms with E-state index in [0.29, 0.717) is 43.6 Å². The predicted octanol–water partition coefficient (Wildman–Crippen LogP) is 2.16. The van der Waals surface area contributed by atoms with Crippen LogP contribution in [0.5, 0.6) is 0 Å². The van der Waals surface area contributed by atoms with Crippen molar-refractivity contribution in [1.82, 2.24) is 19.8 Å². The Morgan fingerprint density at radius 1 is 1.16 bits per heavy atom. The molecule has 2 amide bonds. The molecule has 0 spiro atoms. The average Bonchev–Trinajstić information content (AvgIpc) is 2.63. The zero-order valence-electron chi connectivity index (χ0n) is 14.3. The summed E-state index contributed by atoms with van der Waals surface area (Å²) in [6.07, 6.45) is 1.64. The van der Waals surface area contributed by atoms with Crippen molar-refractivity contribution in [2.75, 3.05) is 50.5 Å². The molecule has 0 saturated carbocycles. The normalized spacial score (nSPS) is 14.4. The van der Waals surface area contributed by atoms with E-state index in [1.54, 1.807) is 54.4 Å². The molecule has 132 valence electrons. The smallest absolute Gasteiger partial charge is 0.319 e. The van der Waals surface area contributed by atoms with E-state index in [2.05, 4.69) is 15.3 Å². The molecule has 2 aromatic rings. The van der Waals surface area contributed by atoms with Gasteiger partial charge in [0.1, 0.15) is 11.6 Å². The number of carbonyl (C=O) groups excluding carboxylic acids is 1. The van der Waals surface area contributed by atoms with Crippen LogP contribution in [0, 0.1) is 5.82 Å². The quantitative estimate of drug-likeness (QED) is 0.924. The van der Waals surface area contributed by atoms with Gasteiger partial charge in [-0.3, -0.25) is 0 Å². The standard InChI is InChI=1S/C17H21FN6O/c1-22(2)17(25)24-11-9-23(10-12-24)16-19-8-7-15(21-16)20-14-6-4-3-5-13(14)18/h3-8H,9-12H2,1-2H3,(H,19,20,21). The van der Waals surface area contributed by atoms with Crippen LogP contribution in [0.2, 0.25) is 0 Å². The van der Waals surface area contributed by atoms with E-state index in [0.717, 1.165) is 0 Å². The van der Waals surface area contributed by atoms with E-state index in [-0.39, 0.29) is 11.8 Å². The van der Waals surface area contributed by atoms with Gasteiger partial charge in [0.25, 0.3) is 0 Å². The van der Waals surface area contributed by atoms with E-state index in [4.69, 9.17) is 0 Å². The summed E-state index contributed by atoms with van der Waals surface area (Å²) in [5, 5.41) is 2.97. The minimum atomic E-state index is -0.335. The summed E-state index contributed by atoms with van der Waals surface area (Å²) >= 11 is 0. The van der Waals surface area contributed by atoms with Crippen LogP contribution in [0.4, 0.5) is 26.6 Å². The molecule has 1 fully saturated rings. The lowest BCUT2D eigenvalue weighted by atomic mass is 10.3. The predicted molar refractivity (Wildman–Crippen MR) is 94.6 cm³/mol. The van der Waals surface area contributed by atoms with Crippen molar-refractivity contribution in [2.45, 2.75) is 0 Å². The third-order valence-corrected chi connectivity index (χ3v) is 4.00. The number of nitrogens with one attached hydrogen (secondary N) is 1. The molecule has 8 heteroatoms. The van der Waals surface area contributed by atoms with Gasteiger partial charge in [-0.25, -0.2) is 14.2 Å². The molecule has 0 unspecified atom stereocenters. The number of benzene rings is 1. The molecule has 1 aromatic heterocycles. The summed E-state index contributed by atoms with van der Waals surface area (Å²) in [6.45, 7) is 2.54. The highest BCUT2D eigenvalue weighted by Crippen LogP contribution is 2.20. The second-order valence-corrected chi connectivity index (χ2v) is 6.00. The maximum absolute atomic E-state index is 13.8. The lowest BCUT2D eigenvalue weighted by Crippen LogP contribution is -2.51. The highest BCUT2D eigenvalue weighted by Gasteiger charge is 2.23. The van der Waals surface area contributed by atoms with E-state index in [9.17, 15) is 9.18 Å². The molecule has 1 saturated heterocycles. The number of para-hydroxylation sites is 1. The van der Waals surface area contributed by atoms with Crippen LogP contribution in [-0.2, 0) is 0 Å². The number of amides is 2. The van der Waals surface area contributed by atoms with Gasteiger partial charge in [-0.1, -0.05) is 12.1 Å². The third-order valence-electron chi connectivity index (χ3n) is 4.00. The first-order valence-corrected chi connectivity index (χ1v) is 8.10. The number of halogens is 1. The van der Waals surface area contributed by atoms with Crippen molar-refractivity contribution < 1.29 is 9.18 Å². The van der Waals surface area contributed by atoms with Crippen LogP contribution >= 0.6 is 0 Å². The lowest BCUT2D eigenvalue weighted by molar-refractivity contribution is 0.167. The van der Waals surface area contributed by atoms with Crippen molar-refractivity contribution in [3.63, 3.8) is 0 Å². The summed E-state index contributed by atoms with van der Waals surface area (Å²) < 4.78 is 13.8. The maximum atomic E-state index is 13.8. The van der Waals surface area contributed by atoms with Crippen LogP contribution in [0.3, 0.4) is 0 Å². The number of urea groups is 1.